The van der Waals surface area contributed by atoms with Gasteiger partial charge in [0.15, 0.2) is 0 Å². The third-order valence-corrected chi connectivity index (χ3v) is 2.39. The summed E-state index contributed by atoms with van der Waals surface area (Å²) in [4.78, 5) is 0. The van der Waals surface area contributed by atoms with Crippen molar-refractivity contribution in [1.29, 1.82) is 0 Å². The van der Waals surface area contributed by atoms with Gasteiger partial charge >= 0.3 is 48.5 Å². The Morgan fingerprint density at radius 2 is 0.759 bits per heavy atom. The minimum absolute atomic E-state index is 1.15. The normalized spacial score (nSPS) is 15.5. The highest BCUT2D eigenvalue weighted by Crippen LogP contribution is 2.56. The molecule has 0 aromatic heterocycles. The van der Waals surface area contributed by atoms with Gasteiger partial charge in [-0.25, -0.2) is 9.47 Å². The highest BCUT2D eigenvalue weighted by atomic mass is 19.4. The lowest BCUT2D eigenvalue weighted by Gasteiger charge is -2.37. The monoisotopic (exact) mass is 482 g/mol. The minimum Gasteiger partial charge on any atom is -0.244 e. The van der Waals surface area contributed by atoms with E-state index in [4.69, 9.17) is 0 Å². The Balaban J connectivity index is 6.16. The largest absolute Gasteiger partial charge is 0.483 e. The van der Waals surface area contributed by atoms with Crippen LogP contribution in [-0.2, 0) is 9.47 Å². The zero-order chi connectivity index (χ0) is 24.1. The van der Waals surface area contributed by atoms with Gasteiger partial charge in [-0.1, -0.05) is 0 Å². The fourth-order valence-electron chi connectivity index (χ4n) is 1.03. The van der Waals surface area contributed by atoms with Crippen molar-refractivity contribution in [3.05, 3.63) is 11.9 Å². The third kappa shape index (κ3) is 4.94. The summed E-state index contributed by atoms with van der Waals surface area (Å²) in [6.07, 6.45) is -41.4. The van der Waals surface area contributed by atoms with Crippen LogP contribution in [0.1, 0.15) is 0 Å². The first-order chi connectivity index (χ1) is 12.3. The molecule has 2 nitrogen and oxygen atoms in total. The molecule has 0 saturated carbocycles. The molecular weight excluding hydrogens is 482 g/mol. The molecule has 0 aliphatic rings. The van der Waals surface area contributed by atoms with Crippen LogP contribution in [0.3, 0.4) is 0 Å². The van der Waals surface area contributed by atoms with Crippen LogP contribution in [0.5, 0.6) is 0 Å². The number of hydrogen-bond acceptors (Lipinski definition) is 2. The summed E-state index contributed by atoms with van der Waals surface area (Å²) in [5, 5.41) is 0. The van der Waals surface area contributed by atoms with Gasteiger partial charge in [-0.15, -0.1) is 0 Å². The van der Waals surface area contributed by atoms with Crippen LogP contribution in [-0.4, -0.2) is 42.5 Å². The van der Waals surface area contributed by atoms with Crippen LogP contribution in [0.15, 0.2) is 11.9 Å². The highest BCUT2D eigenvalue weighted by Gasteiger charge is 2.86. The van der Waals surface area contributed by atoms with E-state index in [1.807, 2.05) is 0 Å². The standard InChI is InChI=1S/C9F18O2/c10-1(2(11)12)3(13,14)28-7(22,23)4(15,16)5(17,18)8(24,25)29-9(26,27)6(19,20)21. The van der Waals surface area contributed by atoms with Crippen LogP contribution in [0, 0.1) is 0 Å². The molecule has 0 saturated heterocycles. The molecule has 0 atom stereocenters. The first-order valence-corrected chi connectivity index (χ1v) is 5.72. The minimum atomic E-state index is -8.21. The van der Waals surface area contributed by atoms with Crippen molar-refractivity contribution in [2.24, 2.45) is 0 Å². The Kier molecular flexibility index (Phi) is 6.87. The van der Waals surface area contributed by atoms with Crippen molar-refractivity contribution in [3.8, 4) is 0 Å². The number of halogens is 18. The second kappa shape index (κ2) is 7.27. The second-order valence-corrected chi connectivity index (χ2v) is 4.49. The molecule has 0 bridgehead atoms. The summed E-state index contributed by atoms with van der Waals surface area (Å²) in [5.41, 5.74) is 0. The second-order valence-electron chi connectivity index (χ2n) is 4.49. The van der Waals surface area contributed by atoms with Crippen LogP contribution < -0.4 is 0 Å². The fraction of sp³-hybridized carbons (Fsp3) is 0.778. The van der Waals surface area contributed by atoms with Gasteiger partial charge in [-0.05, 0) is 0 Å². The molecule has 0 heterocycles. The molecule has 29 heavy (non-hydrogen) atoms. The first-order valence-electron chi connectivity index (χ1n) is 5.72. The molecule has 0 aliphatic carbocycles. The van der Waals surface area contributed by atoms with Crippen molar-refractivity contribution < 1.29 is 88.5 Å². The number of alkyl halides is 15. The molecule has 0 fully saturated rings. The summed E-state index contributed by atoms with van der Waals surface area (Å²) < 4.78 is 225. The Bertz CT molecular complexity index is 626. The predicted molar refractivity (Wildman–Crippen MR) is 48.3 cm³/mol. The average Bonchev–Trinajstić information content (AvgIpc) is 2.42. The Hall–Kier alpha value is -1.60. The van der Waals surface area contributed by atoms with Gasteiger partial charge in [0.2, 0.25) is 0 Å². The zero-order valence-electron chi connectivity index (χ0n) is 12.1. The number of ether oxygens (including phenoxy) is 2. The zero-order valence-corrected chi connectivity index (χ0v) is 12.1. The maximum Gasteiger partial charge on any atom is 0.483 e. The first kappa shape index (κ1) is 27.4. The maximum atomic E-state index is 13.0. The van der Waals surface area contributed by atoms with E-state index in [1.54, 1.807) is 0 Å². The van der Waals surface area contributed by atoms with Crippen LogP contribution in [0.4, 0.5) is 79.0 Å². The summed E-state index contributed by atoms with van der Waals surface area (Å²) in [6.45, 7) is 0. The van der Waals surface area contributed by atoms with E-state index in [0.717, 1.165) is 4.74 Å². The van der Waals surface area contributed by atoms with Crippen molar-refractivity contribution in [2.75, 3.05) is 0 Å². The molecule has 0 radical (unpaired) electrons. The van der Waals surface area contributed by atoms with E-state index in [-0.39, 0.29) is 0 Å². The van der Waals surface area contributed by atoms with E-state index in [1.165, 1.54) is 4.74 Å². The highest BCUT2D eigenvalue weighted by molar-refractivity contribution is 5.03. The van der Waals surface area contributed by atoms with Gasteiger partial charge in [-0.2, -0.15) is 79.0 Å². The molecule has 174 valence electrons. The molecule has 0 aromatic rings. The molecule has 0 aliphatic heterocycles. The molecular formula is C9F18O2. The van der Waals surface area contributed by atoms with Gasteiger partial charge in [0.1, 0.15) is 0 Å². The van der Waals surface area contributed by atoms with Crippen molar-refractivity contribution in [2.45, 2.75) is 42.5 Å². The molecule has 0 amide bonds. The van der Waals surface area contributed by atoms with Crippen LogP contribution in [0.2, 0.25) is 0 Å². The summed E-state index contributed by atoms with van der Waals surface area (Å²) in [5.74, 6) is -20.8. The van der Waals surface area contributed by atoms with Crippen LogP contribution in [0.25, 0.3) is 0 Å². The summed E-state index contributed by atoms with van der Waals surface area (Å²) in [7, 11) is 0. The van der Waals surface area contributed by atoms with Gasteiger partial charge in [-0.3, -0.25) is 0 Å². The summed E-state index contributed by atoms with van der Waals surface area (Å²) in [6, 6.07) is 0. The number of rotatable bonds is 8. The topological polar surface area (TPSA) is 18.5 Å². The van der Waals surface area contributed by atoms with E-state index >= 15 is 0 Å². The van der Waals surface area contributed by atoms with Gasteiger partial charge in [0, 0.05) is 0 Å². The lowest BCUT2D eigenvalue weighted by Crippen LogP contribution is -2.66. The Morgan fingerprint density at radius 1 is 0.448 bits per heavy atom. The molecule has 0 spiro atoms. The smallest absolute Gasteiger partial charge is 0.244 e. The third-order valence-electron chi connectivity index (χ3n) is 2.39. The van der Waals surface area contributed by atoms with Gasteiger partial charge < -0.3 is 0 Å². The van der Waals surface area contributed by atoms with Crippen molar-refractivity contribution in [1.82, 2.24) is 0 Å². The Morgan fingerprint density at radius 3 is 1.03 bits per heavy atom. The lowest BCUT2D eigenvalue weighted by atomic mass is 10.1. The summed E-state index contributed by atoms with van der Waals surface area (Å²) >= 11 is 0. The average molecular weight is 482 g/mol. The van der Waals surface area contributed by atoms with Crippen molar-refractivity contribution >= 4 is 0 Å². The molecule has 0 aromatic carbocycles. The van der Waals surface area contributed by atoms with E-state index in [9.17, 15) is 79.0 Å². The predicted octanol–water partition coefficient (Wildman–Crippen LogP) is 6.30. The molecule has 0 rings (SSSR count). The molecule has 0 N–H and O–H groups in total. The van der Waals surface area contributed by atoms with Gasteiger partial charge in [0.05, 0.1) is 0 Å². The van der Waals surface area contributed by atoms with Gasteiger partial charge in [0.25, 0.3) is 5.83 Å². The lowest BCUT2D eigenvalue weighted by molar-refractivity contribution is -0.527. The molecule has 0 unspecified atom stereocenters. The van der Waals surface area contributed by atoms with E-state index < -0.39 is 54.4 Å². The Labute approximate surface area is 144 Å². The van der Waals surface area contributed by atoms with E-state index in [0.29, 0.717) is 0 Å². The quantitative estimate of drug-likeness (QED) is 0.379. The SMILES string of the molecule is FC(F)=C(F)C(F)(F)OC(F)(F)C(F)(F)C(F)(F)C(F)(F)OC(F)(F)C(F)(F)F. The fourth-order valence-corrected chi connectivity index (χ4v) is 1.03. The molecule has 20 heteroatoms. The maximum absolute atomic E-state index is 13.0. The van der Waals surface area contributed by atoms with Crippen LogP contribution >= 0.6 is 0 Å². The van der Waals surface area contributed by atoms with E-state index in [2.05, 4.69) is 0 Å². The van der Waals surface area contributed by atoms with Crippen molar-refractivity contribution in [3.63, 3.8) is 0 Å². The number of hydrogen-bond donors (Lipinski definition) is 0.